The number of anilines is 1. The highest BCUT2D eigenvalue weighted by atomic mass is 35.5. The summed E-state index contributed by atoms with van der Waals surface area (Å²) in [7, 11) is -4.20. The van der Waals surface area contributed by atoms with Gasteiger partial charge in [-0.25, -0.2) is 12.8 Å². The number of nitrogens with one attached hydrogen (secondary N) is 1. The Balaban J connectivity index is 2.07. The predicted octanol–water partition coefficient (Wildman–Crippen LogP) is 5.70. The topological polar surface area (TPSA) is 86.8 Å². The second-order valence-corrected chi connectivity index (χ2v) is 12.9. The van der Waals surface area contributed by atoms with Crippen LogP contribution in [0.1, 0.15) is 45.2 Å². The Kier molecular flexibility index (Phi) is 9.97. The molecule has 1 N–H and O–H groups in total. The van der Waals surface area contributed by atoms with Crippen molar-refractivity contribution in [3.05, 3.63) is 94.8 Å². The minimum atomic E-state index is -4.20. The highest BCUT2D eigenvalue weighted by molar-refractivity contribution is 7.92. The monoisotopic (exact) mass is 587 g/mol. The normalized spacial score (nSPS) is 12.5. The largest absolute Gasteiger partial charge is 0.350 e. The second-order valence-electron chi connectivity index (χ2n) is 10.6. The molecule has 0 bridgehead atoms. The predicted molar refractivity (Wildman–Crippen MR) is 156 cm³/mol. The molecular formula is C30H35ClFN3O4S. The number of halogens is 2. The van der Waals surface area contributed by atoms with Crippen LogP contribution in [-0.2, 0) is 26.2 Å². The lowest BCUT2D eigenvalue weighted by Crippen LogP contribution is -2.55. The third-order valence-corrected chi connectivity index (χ3v) is 8.16. The van der Waals surface area contributed by atoms with Gasteiger partial charge in [0.05, 0.1) is 10.6 Å². The Bertz CT molecular complexity index is 1440. The van der Waals surface area contributed by atoms with E-state index in [9.17, 15) is 22.4 Å². The summed E-state index contributed by atoms with van der Waals surface area (Å²) in [4.78, 5) is 28.7. The van der Waals surface area contributed by atoms with Crippen molar-refractivity contribution in [2.75, 3.05) is 10.8 Å². The molecule has 0 radical (unpaired) electrons. The number of hydrogen-bond donors (Lipinski definition) is 1. The number of aryl methyl sites for hydroxylation is 1. The van der Waals surface area contributed by atoms with Gasteiger partial charge in [-0.15, -0.1) is 0 Å². The van der Waals surface area contributed by atoms with Crippen LogP contribution in [0.3, 0.4) is 0 Å². The van der Waals surface area contributed by atoms with E-state index in [4.69, 9.17) is 11.6 Å². The van der Waals surface area contributed by atoms with Crippen molar-refractivity contribution in [1.29, 1.82) is 0 Å². The number of hydrogen-bond acceptors (Lipinski definition) is 4. The molecule has 0 aliphatic carbocycles. The van der Waals surface area contributed by atoms with E-state index in [1.807, 2.05) is 27.7 Å². The summed E-state index contributed by atoms with van der Waals surface area (Å²) >= 11 is 6.20. The summed E-state index contributed by atoms with van der Waals surface area (Å²) in [5.74, 6) is -1.41. The lowest BCUT2D eigenvalue weighted by Gasteiger charge is -2.34. The zero-order chi connectivity index (χ0) is 29.7. The highest BCUT2D eigenvalue weighted by Gasteiger charge is 2.34. The van der Waals surface area contributed by atoms with E-state index >= 15 is 0 Å². The van der Waals surface area contributed by atoms with Gasteiger partial charge in [0.15, 0.2) is 0 Å². The summed E-state index contributed by atoms with van der Waals surface area (Å²) in [6, 6.07) is 17.2. The zero-order valence-electron chi connectivity index (χ0n) is 23.3. The van der Waals surface area contributed by atoms with Crippen molar-refractivity contribution in [3.63, 3.8) is 0 Å². The molecule has 0 saturated carbocycles. The zero-order valence-corrected chi connectivity index (χ0v) is 24.9. The van der Waals surface area contributed by atoms with Crippen LogP contribution >= 0.6 is 11.6 Å². The van der Waals surface area contributed by atoms with Gasteiger partial charge in [0.25, 0.3) is 10.0 Å². The average molecular weight is 588 g/mol. The first kappa shape index (κ1) is 31.1. The average Bonchev–Trinajstić information content (AvgIpc) is 2.87. The van der Waals surface area contributed by atoms with Gasteiger partial charge in [0.1, 0.15) is 18.4 Å². The van der Waals surface area contributed by atoms with Crippen LogP contribution in [0.5, 0.6) is 0 Å². The van der Waals surface area contributed by atoms with E-state index in [0.29, 0.717) is 10.6 Å². The van der Waals surface area contributed by atoms with Crippen LogP contribution in [0, 0.1) is 12.7 Å². The molecule has 3 aromatic rings. The first-order valence-electron chi connectivity index (χ1n) is 12.9. The molecule has 0 saturated heterocycles. The smallest absolute Gasteiger partial charge is 0.264 e. The molecule has 40 heavy (non-hydrogen) atoms. The minimum Gasteiger partial charge on any atom is -0.350 e. The third kappa shape index (κ3) is 8.05. The van der Waals surface area contributed by atoms with Gasteiger partial charge < -0.3 is 10.2 Å². The highest BCUT2D eigenvalue weighted by Crippen LogP contribution is 2.27. The minimum absolute atomic E-state index is 0.00785. The van der Waals surface area contributed by atoms with Crippen molar-refractivity contribution in [3.8, 4) is 0 Å². The van der Waals surface area contributed by atoms with Crippen molar-refractivity contribution in [2.24, 2.45) is 0 Å². The molecule has 0 aliphatic rings. The first-order chi connectivity index (χ1) is 18.7. The van der Waals surface area contributed by atoms with Gasteiger partial charge in [-0.05, 0) is 82.1 Å². The molecule has 3 aromatic carbocycles. The van der Waals surface area contributed by atoms with Crippen LogP contribution in [-0.4, -0.2) is 43.3 Å². The van der Waals surface area contributed by atoms with Crippen LogP contribution in [0.4, 0.5) is 10.1 Å². The Morgan fingerprint density at radius 3 is 2.17 bits per heavy atom. The summed E-state index contributed by atoms with van der Waals surface area (Å²) in [6.07, 6.45) is 0.275. The van der Waals surface area contributed by atoms with Crippen LogP contribution in [0.25, 0.3) is 0 Å². The molecule has 0 heterocycles. The molecule has 0 spiro atoms. The molecule has 7 nitrogen and oxygen atoms in total. The second kappa shape index (κ2) is 12.8. The maximum absolute atomic E-state index is 14.0. The summed E-state index contributed by atoms with van der Waals surface area (Å²) in [5, 5.41) is 3.21. The fraction of sp³-hybridized carbons (Fsp3) is 0.333. The van der Waals surface area contributed by atoms with Crippen molar-refractivity contribution < 1.29 is 22.4 Å². The van der Waals surface area contributed by atoms with Gasteiger partial charge in [0, 0.05) is 17.1 Å². The molecule has 0 fully saturated rings. The van der Waals surface area contributed by atoms with Crippen molar-refractivity contribution in [1.82, 2.24) is 10.2 Å². The number of amides is 2. The van der Waals surface area contributed by atoms with E-state index in [1.54, 1.807) is 37.3 Å². The van der Waals surface area contributed by atoms with Gasteiger partial charge in [-0.1, -0.05) is 54.4 Å². The fourth-order valence-electron chi connectivity index (χ4n) is 4.16. The van der Waals surface area contributed by atoms with E-state index in [-0.39, 0.29) is 29.5 Å². The molecule has 1 atom stereocenters. The Morgan fingerprint density at radius 2 is 1.62 bits per heavy atom. The van der Waals surface area contributed by atoms with Gasteiger partial charge in [-0.2, -0.15) is 0 Å². The number of nitrogens with zero attached hydrogens (tertiary/aromatic N) is 2. The Morgan fingerprint density at radius 1 is 1.00 bits per heavy atom. The molecule has 0 unspecified atom stereocenters. The van der Waals surface area contributed by atoms with Gasteiger partial charge in [0.2, 0.25) is 11.8 Å². The molecule has 0 aromatic heterocycles. The maximum atomic E-state index is 14.0. The number of sulfonamides is 1. The van der Waals surface area contributed by atoms with E-state index in [0.717, 1.165) is 9.87 Å². The molecule has 2 amide bonds. The quantitative estimate of drug-likeness (QED) is 0.329. The van der Waals surface area contributed by atoms with E-state index < -0.39 is 39.9 Å². The standard InChI is InChI=1S/C30H35ClFN3O4S/c1-6-27(29(37)33-30(3,4)5)34(19-22-12-14-24(32)15-13-22)28(36)20-35(25-9-7-8-23(31)18-25)40(38,39)26-16-10-21(2)11-17-26/h7-18,27H,6,19-20H2,1-5H3,(H,33,37)/t27-/m1/s1. The van der Waals surface area contributed by atoms with Crippen LogP contribution in [0.15, 0.2) is 77.7 Å². The molecule has 0 aliphatic heterocycles. The Labute approximate surface area is 241 Å². The SMILES string of the molecule is CC[C@H](C(=O)NC(C)(C)C)N(Cc1ccc(F)cc1)C(=O)CN(c1cccc(Cl)c1)S(=O)(=O)c1ccc(C)cc1. The van der Waals surface area contributed by atoms with E-state index in [2.05, 4.69) is 5.32 Å². The Hall–Kier alpha value is -3.43. The van der Waals surface area contributed by atoms with Crippen molar-refractivity contribution >= 4 is 39.1 Å². The molecule has 3 rings (SSSR count). The van der Waals surface area contributed by atoms with Gasteiger partial charge in [-0.3, -0.25) is 13.9 Å². The molecular weight excluding hydrogens is 553 g/mol. The van der Waals surface area contributed by atoms with Crippen molar-refractivity contribution in [2.45, 2.75) is 64.1 Å². The van der Waals surface area contributed by atoms with Gasteiger partial charge >= 0.3 is 0 Å². The van der Waals surface area contributed by atoms with Crippen LogP contribution in [0.2, 0.25) is 5.02 Å². The molecule has 214 valence electrons. The number of rotatable bonds is 10. The summed E-state index contributed by atoms with van der Waals surface area (Å²) in [5.41, 5.74) is 1.12. The lowest BCUT2D eigenvalue weighted by molar-refractivity contribution is -0.141. The lowest BCUT2D eigenvalue weighted by atomic mass is 10.1. The third-order valence-electron chi connectivity index (χ3n) is 6.13. The number of carbonyl (C=O) groups is 2. The maximum Gasteiger partial charge on any atom is 0.264 e. The first-order valence-corrected chi connectivity index (χ1v) is 14.7. The number of benzene rings is 3. The fourth-order valence-corrected chi connectivity index (χ4v) is 5.75. The summed E-state index contributed by atoms with van der Waals surface area (Å²) in [6.45, 7) is 8.50. The summed E-state index contributed by atoms with van der Waals surface area (Å²) < 4.78 is 42.3. The van der Waals surface area contributed by atoms with Crippen LogP contribution < -0.4 is 9.62 Å². The number of carbonyl (C=O) groups excluding carboxylic acids is 2. The van der Waals surface area contributed by atoms with E-state index in [1.165, 1.54) is 47.4 Å². The molecule has 10 heteroatoms.